The largest absolute Gasteiger partial charge is 0.490 e. The van der Waals surface area contributed by atoms with Crippen LogP contribution in [0, 0.1) is 0 Å². The Morgan fingerprint density at radius 1 is 1.19 bits per heavy atom. The maximum atomic E-state index is 5.52. The summed E-state index contributed by atoms with van der Waals surface area (Å²) in [5.74, 6) is 1.90. The summed E-state index contributed by atoms with van der Waals surface area (Å²) in [5, 5.41) is 13.4. The maximum Gasteiger partial charge on any atom is 0.211 e. The minimum atomic E-state index is 0.264. The molecule has 0 fully saturated rings. The molecule has 84 valence electrons. The van der Waals surface area contributed by atoms with Crippen molar-refractivity contribution < 1.29 is 9.47 Å². The number of H-pyrrole nitrogens is 1. The Balaban J connectivity index is 2.03. The number of rotatable bonds is 5. The number of hydrogen-bond donors (Lipinski definition) is 1. The van der Waals surface area contributed by atoms with Crippen LogP contribution in [-0.2, 0) is 6.61 Å². The van der Waals surface area contributed by atoms with Crippen LogP contribution in [0.15, 0.2) is 24.3 Å². The maximum absolute atomic E-state index is 5.52. The van der Waals surface area contributed by atoms with Gasteiger partial charge >= 0.3 is 0 Å². The van der Waals surface area contributed by atoms with Crippen LogP contribution in [-0.4, -0.2) is 27.2 Å². The molecular formula is C10H12N4O2. The molecule has 6 nitrogen and oxygen atoms in total. The fourth-order valence-electron chi connectivity index (χ4n) is 1.23. The zero-order valence-corrected chi connectivity index (χ0v) is 8.88. The van der Waals surface area contributed by atoms with Gasteiger partial charge in [-0.3, -0.25) is 0 Å². The molecule has 0 aliphatic carbocycles. The van der Waals surface area contributed by atoms with Gasteiger partial charge < -0.3 is 9.47 Å². The van der Waals surface area contributed by atoms with Gasteiger partial charge in [-0.05, 0) is 19.1 Å². The molecule has 0 saturated heterocycles. The van der Waals surface area contributed by atoms with E-state index in [-0.39, 0.29) is 6.61 Å². The van der Waals surface area contributed by atoms with E-state index in [1.807, 2.05) is 31.2 Å². The average Bonchev–Trinajstić information content (AvgIpc) is 2.81. The number of nitrogens with one attached hydrogen (secondary N) is 1. The molecule has 1 aromatic heterocycles. The summed E-state index contributed by atoms with van der Waals surface area (Å²) in [4.78, 5) is 0. The third kappa shape index (κ3) is 2.47. The number of tetrazole rings is 1. The molecule has 0 radical (unpaired) electrons. The van der Waals surface area contributed by atoms with Crippen LogP contribution >= 0.6 is 0 Å². The molecule has 2 rings (SSSR count). The minimum Gasteiger partial charge on any atom is -0.490 e. The Hall–Kier alpha value is -2.11. The smallest absolute Gasteiger partial charge is 0.211 e. The second kappa shape index (κ2) is 5.11. The van der Waals surface area contributed by atoms with Gasteiger partial charge in [-0.25, -0.2) is 0 Å². The number of hydrogen-bond acceptors (Lipinski definition) is 5. The van der Waals surface area contributed by atoms with Crippen molar-refractivity contribution in [1.29, 1.82) is 0 Å². The van der Waals surface area contributed by atoms with Crippen molar-refractivity contribution in [2.24, 2.45) is 0 Å². The van der Waals surface area contributed by atoms with Crippen molar-refractivity contribution in [2.45, 2.75) is 13.5 Å². The highest BCUT2D eigenvalue weighted by Crippen LogP contribution is 2.26. The first-order chi connectivity index (χ1) is 7.90. The van der Waals surface area contributed by atoms with Crippen molar-refractivity contribution >= 4 is 0 Å². The molecule has 0 saturated carbocycles. The van der Waals surface area contributed by atoms with E-state index in [9.17, 15) is 0 Å². The van der Waals surface area contributed by atoms with E-state index in [1.54, 1.807) is 0 Å². The number of nitrogens with zero attached hydrogens (tertiary/aromatic N) is 3. The van der Waals surface area contributed by atoms with Gasteiger partial charge in [-0.15, -0.1) is 10.2 Å². The standard InChI is InChI=1S/C10H12N4O2/c1-2-15-8-5-3-4-6-9(8)16-7-10-11-13-14-12-10/h3-6H,2,7H2,1H3,(H,11,12,13,14). The van der Waals surface area contributed by atoms with Crippen LogP contribution < -0.4 is 9.47 Å². The summed E-state index contributed by atoms with van der Waals surface area (Å²) in [6.45, 7) is 2.79. The predicted octanol–water partition coefficient (Wildman–Crippen LogP) is 1.18. The van der Waals surface area contributed by atoms with Gasteiger partial charge in [0.15, 0.2) is 18.1 Å². The minimum absolute atomic E-state index is 0.264. The molecule has 0 aliphatic rings. The monoisotopic (exact) mass is 220 g/mol. The predicted molar refractivity (Wildman–Crippen MR) is 56.1 cm³/mol. The van der Waals surface area contributed by atoms with Crippen molar-refractivity contribution in [2.75, 3.05) is 6.61 Å². The zero-order valence-electron chi connectivity index (χ0n) is 8.88. The van der Waals surface area contributed by atoms with Gasteiger partial charge in [0.2, 0.25) is 5.82 Å². The van der Waals surface area contributed by atoms with E-state index >= 15 is 0 Å². The van der Waals surface area contributed by atoms with Gasteiger partial charge in [0.05, 0.1) is 6.61 Å². The molecule has 6 heteroatoms. The number of para-hydroxylation sites is 2. The van der Waals surface area contributed by atoms with Crippen molar-refractivity contribution in [3.05, 3.63) is 30.1 Å². The average molecular weight is 220 g/mol. The third-order valence-electron chi connectivity index (χ3n) is 1.89. The van der Waals surface area contributed by atoms with Gasteiger partial charge in [-0.1, -0.05) is 17.3 Å². The van der Waals surface area contributed by atoms with Crippen molar-refractivity contribution in [3.63, 3.8) is 0 Å². The van der Waals surface area contributed by atoms with Gasteiger partial charge in [0.25, 0.3) is 0 Å². The number of benzene rings is 1. The van der Waals surface area contributed by atoms with E-state index in [0.717, 1.165) is 0 Å². The fraction of sp³-hybridized carbons (Fsp3) is 0.300. The first-order valence-corrected chi connectivity index (χ1v) is 4.97. The highest BCUT2D eigenvalue weighted by Gasteiger charge is 2.05. The Kier molecular flexibility index (Phi) is 3.32. The lowest BCUT2D eigenvalue weighted by Crippen LogP contribution is -2.00. The summed E-state index contributed by atoms with van der Waals surface area (Å²) in [6.07, 6.45) is 0. The van der Waals surface area contributed by atoms with Gasteiger partial charge in [-0.2, -0.15) is 5.21 Å². The highest BCUT2D eigenvalue weighted by molar-refractivity contribution is 5.39. The van der Waals surface area contributed by atoms with Crippen LogP contribution in [0.2, 0.25) is 0 Å². The van der Waals surface area contributed by atoms with Gasteiger partial charge in [0, 0.05) is 0 Å². The summed E-state index contributed by atoms with van der Waals surface area (Å²) in [5.41, 5.74) is 0. The van der Waals surface area contributed by atoms with Crippen LogP contribution in [0.25, 0.3) is 0 Å². The van der Waals surface area contributed by atoms with Crippen LogP contribution in [0.4, 0.5) is 0 Å². The number of aromatic nitrogens is 4. The van der Waals surface area contributed by atoms with E-state index in [4.69, 9.17) is 9.47 Å². The molecule has 0 unspecified atom stereocenters. The summed E-state index contributed by atoms with van der Waals surface area (Å²) in [6, 6.07) is 7.47. The van der Waals surface area contributed by atoms with E-state index in [0.29, 0.717) is 23.9 Å². The molecular weight excluding hydrogens is 208 g/mol. The highest BCUT2D eigenvalue weighted by atomic mass is 16.5. The van der Waals surface area contributed by atoms with E-state index in [2.05, 4.69) is 20.6 Å². The zero-order chi connectivity index (χ0) is 11.2. The molecule has 2 aromatic rings. The first-order valence-electron chi connectivity index (χ1n) is 4.97. The summed E-state index contributed by atoms with van der Waals surface area (Å²) in [7, 11) is 0. The summed E-state index contributed by atoms with van der Waals surface area (Å²) < 4.78 is 10.9. The van der Waals surface area contributed by atoms with Gasteiger partial charge in [0.1, 0.15) is 0 Å². The Labute approximate surface area is 92.6 Å². The topological polar surface area (TPSA) is 72.9 Å². The van der Waals surface area contributed by atoms with Crippen molar-refractivity contribution in [1.82, 2.24) is 20.6 Å². The molecule has 1 heterocycles. The Morgan fingerprint density at radius 3 is 2.56 bits per heavy atom. The van der Waals surface area contributed by atoms with Crippen LogP contribution in [0.3, 0.4) is 0 Å². The van der Waals surface area contributed by atoms with Crippen molar-refractivity contribution in [3.8, 4) is 11.5 Å². The molecule has 0 amide bonds. The molecule has 0 atom stereocenters. The lowest BCUT2D eigenvalue weighted by Gasteiger charge is -2.09. The molecule has 0 bridgehead atoms. The normalized spacial score (nSPS) is 10.1. The molecule has 1 N–H and O–H groups in total. The first kappa shape index (κ1) is 10.4. The lowest BCUT2D eigenvalue weighted by molar-refractivity contribution is 0.263. The quantitative estimate of drug-likeness (QED) is 0.819. The molecule has 0 spiro atoms. The van der Waals surface area contributed by atoms with E-state index < -0.39 is 0 Å². The molecule has 1 aromatic carbocycles. The SMILES string of the molecule is CCOc1ccccc1OCc1nn[nH]n1. The number of aromatic amines is 1. The second-order valence-corrected chi connectivity index (χ2v) is 3.00. The third-order valence-corrected chi connectivity index (χ3v) is 1.89. The summed E-state index contributed by atoms with van der Waals surface area (Å²) >= 11 is 0. The number of ether oxygens (including phenoxy) is 2. The van der Waals surface area contributed by atoms with E-state index in [1.165, 1.54) is 0 Å². The molecule has 0 aliphatic heterocycles. The fourth-order valence-corrected chi connectivity index (χ4v) is 1.23. The van der Waals surface area contributed by atoms with Crippen LogP contribution in [0.1, 0.15) is 12.7 Å². The lowest BCUT2D eigenvalue weighted by atomic mass is 10.3. The second-order valence-electron chi connectivity index (χ2n) is 3.00. The molecule has 16 heavy (non-hydrogen) atoms. The Bertz CT molecular complexity index is 430. The van der Waals surface area contributed by atoms with Crippen LogP contribution in [0.5, 0.6) is 11.5 Å². The Morgan fingerprint density at radius 2 is 1.94 bits per heavy atom.